The van der Waals surface area contributed by atoms with Gasteiger partial charge in [0.05, 0.1) is 23.9 Å². The summed E-state index contributed by atoms with van der Waals surface area (Å²) in [6.45, 7) is 6.33. The summed E-state index contributed by atoms with van der Waals surface area (Å²) in [6.07, 6.45) is 3.27. The second kappa shape index (κ2) is 7.23. The number of H-pyrrole nitrogens is 1. The van der Waals surface area contributed by atoms with Gasteiger partial charge >= 0.3 is 0 Å². The molecule has 4 rings (SSSR count). The molecule has 4 aromatic rings. The maximum Gasteiger partial charge on any atom is 0.250 e. The van der Waals surface area contributed by atoms with Gasteiger partial charge in [-0.15, -0.1) is 0 Å². The van der Waals surface area contributed by atoms with Gasteiger partial charge in [0.15, 0.2) is 0 Å². The number of benzene rings is 2. The molecule has 2 aromatic carbocycles. The standard InChI is InChI=1S/C22H21N3O3/c1-4-27-19-11-20-16(14(3)12-28-20)10-15(19)13(2)9-21(26)25-22-23-17-7-5-6-8-18(17)24-22/h5-12H,4H2,1-3H3,(H2,23,24,25,26)/b13-9+. The fourth-order valence-electron chi connectivity index (χ4n) is 3.20. The molecule has 0 spiro atoms. The van der Waals surface area contributed by atoms with Gasteiger partial charge in [-0.05, 0) is 50.1 Å². The van der Waals surface area contributed by atoms with E-state index in [1.165, 1.54) is 0 Å². The van der Waals surface area contributed by atoms with Crippen LogP contribution in [-0.2, 0) is 4.79 Å². The zero-order valence-corrected chi connectivity index (χ0v) is 16.0. The highest BCUT2D eigenvalue weighted by Gasteiger charge is 2.13. The minimum atomic E-state index is -0.261. The van der Waals surface area contributed by atoms with Gasteiger partial charge in [0.2, 0.25) is 5.95 Å². The van der Waals surface area contributed by atoms with E-state index in [0.717, 1.165) is 38.7 Å². The molecule has 142 valence electrons. The molecular formula is C22H21N3O3. The van der Waals surface area contributed by atoms with Crippen molar-refractivity contribution in [2.24, 2.45) is 0 Å². The first-order chi connectivity index (χ1) is 13.5. The number of hydrogen-bond acceptors (Lipinski definition) is 4. The molecule has 0 saturated heterocycles. The highest BCUT2D eigenvalue weighted by Crippen LogP contribution is 2.33. The fourth-order valence-corrected chi connectivity index (χ4v) is 3.20. The van der Waals surface area contributed by atoms with Crippen LogP contribution in [0.4, 0.5) is 5.95 Å². The normalized spacial score (nSPS) is 11.9. The van der Waals surface area contributed by atoms with Gasteiger partial charge < -0.3 is 14.1 Å². The number of nitrogens with zero attached hydrogens (tertiary/aromatic N) is 1. The zero-order valence-electron chi connectivity index (χ0n) is 16.0. The predicted molar refractivity (Wildman–Crippen MR) is 110 cm³/mol. The lowest BCUT2D eigenvalue weighted by molar-refractivity contribution is -0.111. The molecule has 28 heavy (non-hydrogen) atoms. The number of anilines is 1. The van der Waals surface area contributed by atoms with E-state index in [2.05, 4.69) is 15.3 Å². The number of fused-ring (bicyclic) bond motifs is 2. The Labute approximate surface area is 162 Å². The summed E-state index contributed by atoms with van der Waals surface area (Å²) < 4.78 is 11.3. The van der Waals surface area contributed by atoms with Crippen LogP contribution in [-0.4, -0.2) is 22.5 Å². The van der Waals surface area contributed by atoms with Crippen LogP contribution >= 0.6 is 0 Å². The van der Waals surface area contributed by atoms with E-state index in [1.807, 2.05) is 57.2 Å². The Balaban J connectivity index is 1.64. The summed E-state index contributed by atoms with van der Waals surface area (Å²) >= 11 is 0. The second-order valence-corrected chi connectivity index (χ2v) is 6.62. The summed E-state index contributed by atoms with van der Waals surface area (Å²) in [6, 6.07) is 11.5. The number of imidazole rings is 1. The Hall–Kier alpha value is -3.54. The molecule has 0 saturated carbocycles. The van der Waals surface area contributed by atoms with Crippen molar-refractivity contribution in [2.45, 2.75) is 20.8 Å². The summed E-state index contributed by atoms with van der Waals surface area (Å²) in [5.41, 5.74) is 5.14. The molecule has 6 heteroatoms. The summed E-state index contributed by atoms with van der Waals surface area (Å²) in [5.74, 6) is 0.846. The van der Waals surface area contributed by atoms with Gasteiger partial charge in [0.1, 0.15) is 11.3 Å². The fraction of sp³-hybridized carbons (Fsp3) is 0.182. The monoisotopic (exact) mass is 375 g/mol. The molecule has 2 N–H and O–H groups in total. The maximum atomic E-state index is 12.5. The number of furan rings is 1. The van der Waals surface area contributed by atoms with E-state index in [1.54, 1.807) is 12.3 Å². The van der Waals surface area contributed by atoms with Gasteiger partial charge in [-0.1, -0.05) is 12.1 Å². The van der Waals surface area contributed by atoms with Crippen molar-refractivity contribution in [2.75, 3.05) is 11.9 Å². The van der Waals surface area contributed by atoms with Gasteiger partial charge in [0.25, 0.3) is 5.91 Å². The third kappa shape index (κ3) is 3.36. The van der Waals surface area contributed by atoms with Crippen LogP contribution in [0.1, 0.15) is 25.0 Å². The Morgan fingerprint density at radius 2 is 2.14 bits per heavy atom. The van der Waals surface area contributed by atoms with E-state index >= 15 is 0 Å². The Morgan fingerprint density at radius 3 is 2.93 bits per heavy atom. The minimum absolute atomic E-state index is 0.261. The van der Waals surface area contributed by atoms with E-state index in [4.69, 9.17) is 9.15 Å². The number of allylic oxidation sites excluding steroid dienone is 1. The lowest BCUT2D eigenvalue weighted by Crippen LogP contribution is -2.10. The first kappa shape index (κ1) is 17.9. The number of hydrogen-bond donors (Lipinski definition) is 2. The lowest BCUT2D eigenvalue weighted by atomic mass is 10.0. The van der Waals surface area contributed by atoms with Gasteiger partial charge in [-0.25, -0.2) is 4.98 Å². The second-order valence-electron chi connectivity index (χ2n) is 6.62. The molecule has 1 amide bonds. The number of rotatable bonds is 5. The summed E-state index contributed by atoms with van der Waals surface area (Å²) in [5, 5.41) is 3.79. The summed E-state index contributed by atoms with van der Waals surface area (Å²) in [7, 11) is 0. The molecule has 0 fully saturated rings. The maximum absolute atomic E-state index is 12.5. The average molecular weight is 375 g/mol. The van der Waals surface area contributed by atoms with E-state index in [9.17, 15) is 4.79 Å². The molecule has 0 aliphatic rings. The first-order valence-corrected chi connectivity index (χ1v) is 9.14. The third-order valence-corrected chi connectivity index (χ3v) is 4.57. The molecule has 6 nitrogen and oxygen atoms in total. The number of nitrogens with one attached hydrogen (secondary N) is 2. The van der Waals surface area contributed by atoms with Crippen molar-refractivity contribution >= 4 is 39.4 Å². The van der Waals surface area contributed by atoms with Crippen LogP contribution in [0.3, 0.4) is 0 Å². The first-order valence-electron chi connectivity index (χ1n) is 9.14. The quantitative estimate of drug-likeness (QED) is 0.478. The van der Waals surface area contributed by atoms with Crippen molar-refractivity contribution < 1.29 is 13.9 Å². The topological polar surface area (TPSA) is 80.2 Å². The number of ether oxygens (including phenoxy) is 1. The number of carbonyl (C=O) groups excluding carboxylic acids is 1. The third-order valence-electron chi connectivity index (χ3n) is 4.57. The Kier molecular flexibility index (Phi) is 4.61. The minimum Gasteiger partial charge on any atom is -0.493 e. The van der Waals surface area contributed by atoms with E-state index in [0.29, 0.717) is 18.3 Å². The number of aromatic amines is 1. The Bertz CT molecular complexity index is 1170. The van der Waals surface area contributed by atoms with Gasteiger partial charge in [-0.3, -0.25) is 10.1 Å². The zero-order chi connectivity index (χ0) is 19.7. The molecule has 0 atom stereocenters. The number of aryl methyl sites for hydroxylation is 1. The van der Waals surface area contributed by atoms with Crippen LogP contribution in [0.25, 0.3) is 27.6 Å². The molecule has 0 radical (unpaired) electrons. The van der Waals surface area contributed by atoms with Crippen molar-refractivity contribution in [1.82, 2.24) is 9.97 Å². The van der Waals surface area contributed by atoms with Crippen LogP contribution in [0, 0.1) is 6.92 Å². The van der Waals surface area contributed by atoms with E-state index < -0.39 is 0 Å². The van der Waals surface area contributed by atoms with Gasteiger partial charge in [-0.2, -0.15) is 0 Å². The van der Waals surface area contributed by atoms with Crippen molar-refractivity contribution in [1.29, 1.82) is 0 Å². The SMILES string of the molecule is CCOc1cc2occ(C)c2cc1/C(C)=C/C(=O)Nc1nc2ccccc2[nH]1. The van der Waals surface area contributed by atoms with Crippen LogP contribution in [0.15, 0.2) is 53.2 Å². The molecule has 0 unspecified atom stereocenters. The Morgan fingerprint density at radius 1 is 1.32 bits per heavy atom. The average Bonchev–Trinajstić information content (AvgIpc) is 3.23. The van der Waals surface area contributed by atoms with Crippen LogP contribution in [0.5, 0.6) is 5.75 Å². The number of carbonyl (C=O) groups is 1. The summed E-state index contributed by atoms with van der Waals surface area (Å²) in [4.78, 5) is 20.0. The van der Waals surface area contributed by atoms with Crippen LogP contribution in [0.2, 0.25) is 0 Å². The predicted octanol–water partition coefficient (Wildman–Crippen LogP) is 5.06. The van der Waals surface area contributed by atoms with Crippen molar-refractivity contribution in [3.63, 3.8) is 0 Å². The number of aromatic nitrogens is 2. The molecule has 0 aliphatic carbocycles. The molecule has 0 aliphatic heterocycles. The van der Waals surface area contributed by atoms with Gasteiger partial charge in [0, 0.05) is 23.1 Å². The number of para-hydroxylation sites is 2. The molecule has 2 aromatic heterocycles. The number of amides is 1. The highest BCUT2D eigenvalue weighted by molar-refractivity contribution is 6.04. The molecule has 2 heterocycles. The molecule has 0 bridgehead atoms. The highest BCUT2D eigenvalue weighted by atomic mass is 16.5. The largest absolute Gasteiger partial charge is 0.493 e. The molecular weight excluding hydrogens is 354 g/mol. The lowest BCUT2D eigenvalue weighted by Gasteiger charge is -2.11. The van der Waals surface area contributed by atoms with Crippen molar-refractivity contribution in [3.05, 3.63) is 59.9 Å². The van der Waals surface area contributed by atoms with Crippen molar-refractivity contribution in [3.8, 4) is 5.75 Å². The van der Waals surface area contributed by atoms with Crippen LogP contribution < -0.4 is 10.1 Å². The van der Waals surface area contributed by atoms with E-state index in [-0.39, 0.29) is 5.91 Å². The smallest absolute Gasteiger partial charge is 0.250 e.